The number of ether oxygens (including phenoxy) is 2. The molecule has 2 rings (SSSR count). The Hall–Kier alpha value is -1.43. The Bertz CT molecular complexity index is 661. The molecule has 0 radical (unpaired) electrons. The number of rotatable bonds is 9. The summed E-state index contributed by atoms with van der Waals surface area (Å²) in [5.74, 6) is 2.25. The van der Waals surface area contributed by atoms with Crippen LogP contribution in [0.25, 0.3) is 0 Å². The molecule has 1 aliphatic rings. The molecule has 1 fully saturated rings. The maximum absolute atomic E-state index is 12.5. The lowest BCUT2D eigenvalue weighted by Gasteiger charge is -2.19. The number of aliphatic imine (C=N–C) groups is 1. The van der Waals surface area contributed by atoms with Gasteiger partial charge in [0.1, 0.15) is 17.6 Å². The summed E-state index contributed by atoms with van der Waals surface area (Å²) in [7, 11) is 1.61. The molecule has 0 aromatic heterocycles. The molecule has 30 heavy (non-hydrogen) atoms. The number of hydrogen-bond acceptors (Lipinski definition) is 4. The second-order valence-corrected chi connectivity index (χ2v) is 7.21. The summed E-state index contributed by atoms with van der Waals surface area (Å²) >= 11 is 0. The van der Waals surface area contributed by atoms with E-state index in [9.17, 15) is 13.2 Å². The molecule has 1 saturated heterocycles. The Labute approximate surface area is 193 Å². The third-order valence-electron chi connectivity index (χ3n) is 4.56. The van der Waals surface area contributed by atoms with Crippen molar-refractivity contribution < 1.29 is 22.6 Å². The van der Waals surface area contributed by atoms with E-state index < -0.39 is 12.7 Å². The molecule has 0 amide bonds. The van der Waals surface area contributed by atoms with Crippen LogP contribution in [0.2, 0.25) is 0 Å². The highest BCUT2D eigenvalue weighted by Gasteiger charge is 2.34. The van der Waals surface area contributed by atoms with Crippen LogP contribution in [0.3, 0.4) is 0 Å². The first-order valence-corrected chi connectivity index (χ1v) is 9.91. The molecular formula is C20H32F3IN4O2. The third-order valence-corrected chi connectivity index (χ3v) is 4.56. The largest absolute Gasteiger partial charge is 0.497 e. The predicted octanol–water partition coefficient (Wildman–Crippen LogP) is 3.52. The van der Waals surface area contributed by atoms with E-state index in [2.05, 4.69) is 15.6 Å². The number of guanidine groups is 1. The number of nitrogens with one attached hydrogen (secondary N) is 2. The minimum absolute atomic E-state index is 0. The average Bonchev–Trinajstić information content (AvgIpc) is 3.09. The minimum Gasteiger partial charge on any atom is -0.497 e. The molecule has 0 saturated carbocycles. The van der Waals surface area contributed by atoms with E-state index in [1.807, 2.05) is 38.1 Å². The van der Waals surface area contributed by atoms with E-state index >= 15 is 0 Å². The van der Waals surface area contributed by atoms with Gasteiger partial charge in [-0.15, -0.1) is 24.0 Å². The van der Waals surface area contributed by atoms with Crippen LogP contribution in [0.4, 0.5) is 13.2 Å². The zero-order chi connectivity index (χ0) is 21.3. The third kappa shape index (κ3) is 10.1. The van der Waals surface area contributed by atoms with E-state index in [1.54, 1.807) is 7.11 Å². The maximum Gasteiger partial charge on any atom is 0.401 e. The summed E-state index contributed by atoms with van der Waals surface area (Å²) in [4.78, 5) is 5.99. The van der Waals surface area contributed by atoms with Gasteiger partial charge < -0.3 is 20.1 Å². The Morgan fingerprint density at radius 3 is 2.70 bits per heavy atom. The van der Waals surface area contributed by atoms with Gasteiger partial charge in [-0.3, -0.25) is 4.90 Å². The van der Waals surface area contributed by atoms with Crippen LogP contribution in [0, 0.1) is 5.92 Å². The van der Waals surface area contributed by atoms with E-state index in [-0.39, 0.29) is 36.0 Å². The second-order valence-electron chi connectivity index (χ2n) is 7.21. The first-order chi connectivity index (χ1) is 13.8. The molecule has 0 aliphatic carbocycles. The summed E-state index contributed by atoms with van der Waals surface area (Å²) < 4.78 is 48.6. The lowest BCUT2D eigenvalue weighted by Crippen LogP contribution is -2.41. The van der Waals surface area contributed by atoms with Crippen molar-refractivity contribution in [3.05, 3.63) is 24.3 Å². The first kappa shape index (κ1) is 26.6. The van der Waals surface area contributed by atoms with Crippen LogP contribution < -0.4 is 20.1 Å². The van der Waals surface area contributed by atoms with Crippen LogP contribution in [0.15, 0.2) is 29.3 Å². The maximum atomic E-state index is 12.5. The summed E-state index contributed by atoms with van der Waals surface area (Å²) in [6.07, 6.45) is -3.54. The van der Waals surface area contributed by atoms with Gasteiger partial charge >= 0.3 is 6.18 Å². The molecule has 2 N–H and O–H groups in total. The van der Waals surface area contributed by atoms with Crippen LogP contribution in [-0.2, 0) is 0 Å². The van der Waals surface area contributed by atoms with Gasteiger partial charge in [0.25, 0.3) is 0 Å². The molecule has 172 valence electrons. The summed E-state index contributed by atoms with van der Waals surface area (Å²) in [6, 6.07) is 7.39. The number of likely N-dealkylation sites (tertiary alicyclic amines) is 1. The molecule has 1 aromatic rings. The fourth-order valence-corrected chi connectivity index (χ4v) is 3.22. The predicted molar refractivity (Wildman–Crippen MR) is 123 cm³/mol. The monoisotopic (exact) mass is 544 g/mol. The molecule has 2 unspecified atom stereocenters. The number of halogens is 4. The molecule has 6 nitrogen and oxygen atoms in total. The smallest absolute Gasteiger partial charge is 0.401 e. The van der Waals surface area contributed by atoms with Crippen molar-refractivity contribution in [2.45, 2.75) is 32.5 Å². The molecule has 2 atom stereocenters. The van der Waals surface area contributed by atoms with E-state index in [1.165, 1.54) is 4.90 Å². The Balaban J connectivity index is 0.00000450. The van der Waals surface area contributed by atoms with Gasteiger partial charge in [-0.25, -0.2) is 4.99 Å². The Kier molecular flexibility index (Phi) is 11.6. The second kappa shape index (κ2) is 13.1. The van der Waals surface area contributed by atoms with Gasteiger partial charge in [0.05, 0.1) is 20.2 Å². The fraction of sp³-hybridized carbons (Fsp3) is 0.650. The number of hydrogen-bond donors (Lipinski definition) is 2. The summed E-state index contributed by atoms with van der Waals surface area (Å²) in [6.45, 7) is 5.71. The number of nitrogens with zero attached hydrogens (tertiary/aromatic N) is 2. The fourth-order valence-electron chi connectivity index (χ4n) is 3.22. The lowest BCUT2D eigenvalue weighted by atomic mass is 10.1. The van der Waals surface area contributed by atoms with Crippen molar-refractivity contribution in [1.82, 2.24) is 15.5 Å². The SMILES string of the molecule is CCNC(=NCC(C)Oc1cccc(OC)c1)NCC1CCN(CC(F)(F)F)C1.I. The van der Waals surface area contributed by atoms with Gasteiger partial charge in [-0.2, -0.15) is 13.2 Å². The van der Waals surface area contributed by atoms with E-state index in [0.717, 1.165) is 12.2 Å². The molecule has 10 heteroatoms. The summed E-state index contributed by atoms with van der Waals surface area (Å²) in [5.41, 5.74) is 0. The van der Waals surface area contributed by atoms with Gasteiger partial charge in [0.2, 0.25) is 0 Å². The standard InChI is InChI=1S/C20H31F3N4O2.HI/c1-4-24-19(26-12-16-8-9-27(13-16)14-20(21,22)23)25-11-15(2)29-18-7-5-6-17(10-18)28-3;/h5-7,10,15-16H,4,8-9,11-14H2,1-3H3,(H2,24,25,26);1H. The summed E-state index contributed by atoms with van der Waals surface area (Å²) in [5, 5.41) is 6.40. The topological polar surface area (TPSA) is 58.1 Å². The Morgan fingerprint density at radius 1 is 1.30 bits per heavy atom. The van der Waals surface area contributed by atoms with Crippen molar-refractivity contribution in [2.24, 2.45) is 10.9 Å². The molecule has 0 spiro atoms. The van der Waals surface area contributed by atoms with Crippen molar-refractivity contribution in [3.63, 3.8) is 0 Å². The van der Waals surface area contributed by atoms with Crippen molar-refractivity contribution in [1.29, 1.82) is 0 Å². The average molecular weight is 544 g/mol. The lowest BCUT2D eigenvalue weighted by molar-refractivity contribution is -0.143. The van der Waals surface area contributed by atoms with E-state index in [0.29, 0.717) is 44.4 Å². The van der Waals surface area contributed by atoms with Gasteiger partial charge in [0.15, 0.2) is 5.96 Å². The van der Waals surface area contributed by atoms with Crippen LogP contribution in [-0.4, -0.2) is 69.5 Å². The normalized spacial score (nSPS) is 18.5. The highest BCUT2D eigenvalue weighted by molar-refractivity contribution is 14.0. The van der Waals surface area contributed by atoms with Crippen LogP contribution in [0.5, 0.6) is 11.5 Å². The van der Waals surface area contributed by atoms with Gasteiger partial charge in [0, 0.05) is 25.7 Å². The van der Waals surface area contributed by atoms with Gasteiger partial charge in [-0.1, -0.05) is 6.07 Å². The highest BCUT2D eigenvalue weighted by atomic mass is 127. The molecule has 1 aromatic carbocycles. The molecule has 1 aliphatic heterocycles. The van der Waals surface area contributed by atoms with Crippen LogP contribution >= 0.6 is 24.0 Å². The van der Waals surface area contributed by atoms with Crippen molar-refractivity contribution in [2.75, 3.05) is 46.4 Å². The first-order valence-electron chi connectivity index (χ1n) is 9.91. The van der Waals surface area contributed by atoms with Crippen molar-refractivity contribution >= 4 is 29.9 Å². The zero-order valence-corrected chi connectivity index (χ0v) is 20.0. The Morgan fingerprint density at radius 2 is 2.03 bits per heavy atom. The number of methoxy groups -OCH3 is 1. The number of benzene rings is 1. The quantitative estimate of drug-likeness (QED) is 0.283. The zero-order valence-electron chi connectivity index (χ0n) is 17.7. The van der Waals surface area contributed by atoms with Gasteiger partial charge in [-0.05, 0) is 44.9 Å². The molecule has 1 heterocycles. The van der Waals surface area contributed by atoms with E-state index in [4.69, 9.17) is 9.47 Å². The molecule has 0 bridgehead atoms. The number of alkyl halides is 3. The van der Waals surface area contributed by atoms with Crippen LogP contribution in [0.1, 0.15) is 20.3 Å². The highest BCUT2D eigenvalue weighted by Crippen LogP contribution is 2.22. The minimum atomic E-state index is -4.14. The van der Waals surface area contributed by atoms with Crippen molar-refractivity contribution in [3.8, 4) is 11.5 Å². The molecular weight excluding hydrogens is 512 g/mol.